The van der Waals surface area contributed by atoms with E-state index in [0.717, 1.165) is 36.0 Å². The number of benzene rings is 2. The number of nitrogens with zero attached hydrogens (tertiary/aromatic N) is 2. The zero-order chi connectivity index (χ0) is 33.8. The molecule has 0 radical (unpaired) electrons. The van der Waals surface area contributed by atoms with Gasteiger partial charge in [0.25, 0.3) is 5.91 Å². The molecule has 1 saturated carbocycles. The smallest absolute Gasteiger partial charge is 0.257 e. The Bertz CT molecular complexity index is 1540. The summed E-state index contributed by atoms with van der Waals surface area (Å²) in [7, 11) is 0. The third kappa shape index (κ3) is 7.97. The van der Waals surface area contributed by atoms with E-state index in [0.29, 0.717) is 29.8 Å². The van der Waals surface area contributed by atoms with E-state index in [2.05, 4.69) is 27.4 Å². The summed E-state index contributed by atoms with van der Waals surface area (Å²) >= 11 is 0. The van der Waals surface area contributed by atoms with Crippen LogP contribution in [0.3, 0.4) is 0 Å². The van der Waals surface area contributed by atoms with Crippen molar-refractivity contribution in [2.24, 2.45) is 11.8 Å². The summed E-state index contributed by atoms with van der Waals surface area (Å²) in [6.07, 6.45) is 8.61. The molecule has 256 valence electrons. The summed E-state index contributed by atoms with van der Waals surface area (Å²) < 4.78 is 13.6. The van der Waals surface area contributed by atoms with E-state index in [-0.39, 0.29) is 48.1 Å². The topological polar surface area (TPSA) is 113 Å². The molecule has 3 aromatic rings. The molecule has 2 saturated heterocycles. The van der Waals surface area contributed by atoms with Crippen molar-refractivity contribution in [3.63, 3.8) is 0 Å². The number of aromatic nitrogens is 1. The van der Waals surface area contributed by atoms with Gasteiger partial charge in [0.1, 0.15) is 0 Å². The zero-order valence-corrected chi connectivity index (χ0v) is 28.6. The first-order valence-electron chi connectivity index (χ1n) is 17.5. The monoisotopic (exact) mass is 654 g/mol. The molecule has 2 aromatic carbocycles. The number of pyridine rings is 1. The number of rotatable bonds is 8. The maximum absolute atomic E-state index is 13.8. The first kappa shape index (κ1) is 34.2. The lowest BCUT2D eigenvalue weighted by Gasteiger charge is -2.51. The first-order chi connectivity index (χ1) is 23.1. The maximum Gasteiger partial charge on any atom is 0.257 e. The number of piperidine rings is 1. The fourth-order valence-corrected chi connectivity index (χ4v) is 7.73. The van der Waals surface area contributed by atoms with Crippen LogP contribution in [0, 0.1) is 11.8 Å². The van der Waals surface area contributed by atoms with Gasteiger partial charge >= 0.3 is 0 Å². The van der Waals surface area contributed by atoms with Gasteiger partial charge in [-0.2, -0.15) is 0 Å². The molecule has 9 heteroatoms. The Morgan fingerprint density at radius 1 is 0.958 bits per heavy atom. The van der Waals surface area contributed by atoms with Gasteiger partial charge in [0, 0.05) is 47.7 Å². The van der Waals surface area contributed by atoms with Crippen LogP contribution >= 0.6 is 0 Å². The Labute approximate surface area is 284 Å². The van der Waals surface area contributed by atoms with Crippen LogP contribution in [0.4, 0.5) is 5.69 Å². The molecule has 3 aliphatic rings. The number of aliphatic hydroxyl groups is 1. The minimum atomic E-state index is -0.697. The predicted octanol–water partition coefficient (Wildman–Crippen LogP) is 6.56. The minimum absolute atomic E-state index is 0.0232. The maximum atomic E-state index is 13.8. The number of aliphatic hydroxyl groups excluding tert-OH is 1. The Morgan fingerprint density at radius 3 is 2.48 bits per heavy atom. The van der Waals surface area contributed by atoms with Crippen LogP contribution in [0.25, 0.3) is 0 Å². The van der Waals surface area contributed by atoms with Crippen molar-refractivity contribution in [3.05, 3.63) is 95.3 Å². The van der Waals surface area contributed by atoms with E-state index < -0.39 is 6.29 Å². The lowest BCUT2D eigenvalue weighted by Crippen LogP contribution is -2.61. The van der Waals surface area contributed by atoms with E-state index in [1.165, 1.54) is 25.5 Å². The van der Waals surface area contributed by atoms with Gasteiger partial charge in [0.05, 0.1) is 30.4 Å². The van der Waals surface area contributed by atoms with Crippen LogP contribution < -0.4 is 10.6 Å². The Hall–Kier alpha value is -3.63. The van der Waals surface area contributed by atoms with Crippen LogP contribution in [0.1, 0.15) is 106 Å². The summed E-state index contributed by atoms with van der Waals surface area (Å²) in [4.78, 5) is 33.3. The van der Waals surface area contributed by atoms with Gasteiger partial charge in [0.15, 0.2) is 6.29 Å². The van der Waals surface area contributed by atoms with Crippen LogP contribution in [-0.2, 0) is 20.9 Å². The molecule has 1 aromatic heterocycles. The molecule has 3 N–H and O–H groups in total. The number of carbonyl (C=O) groups excluding carboxylic acids is 2. The average Bonchev–Trinajstić information content (AvgIpc) is 3.09. The van der Waals surface area contributed by atoms with Crippen LogP contribution in [0.2, 0.25) is 0 Å². The van der Waals surface area contributed by atoms with Crippen molar-refractivity contribution in [3.8, 4) is 0 Å². The largest absolute Gasteiger partial charge is 0.392 e. The highest BCUT2D eigenvalue weighted by molar-refractivity contribution is 6.04. The van der Waals surface area contributed by atoms with Crippen molar-refractivity contribution in [2.75, 3.05) is 11.9 Å². The van der Waals surface area contributed by atoms with Gasteiger partial charge in [-0.3, -0.25) is 19.5 Å². The highest BCUT2D eigenvalue weighted by atomic mass is 16.7. The second kappa shape index (κ2) is 14.9. The number of hydrogen-bond acceptors (Lipinski definition) is 7. The van der Waals surface area contributed by atoms with E-state index in [4.69, 9.17) is 9.47 Å². The molecule has 2 amide bonds. The molecule has 9 nitrogen and oxygen atoms in total. The van der Waals surface area contributed by atoms with Crippen molar-refractivity contribution >= 4 is 17.5 Å². The van der Waals surface area contributed by atoms with E-state index in [1.807, 2.05) is 69.3 Å². The molecular formula is C39H50N4O5. The third-order valence-corrected chi connectivity index (χ3v) is 10.2. The van der Waals surface area contributed by atoms with E-state index >= 15 is 0 Å². The van der Waals surface area contributed by atoms with Crippen molar-refractivity contribution in [1.82, 2.24) is 15.2 Å². The number of amides is 2. The molecule has 3 fully saturated rings. The van der Waals surface area contributed by atoms with Crippen LogP contribution in [0.5, 0.6) is 0 Å². The van der Waals surface area contributed by atoms with Crippen LogP contribution in [-0.4, -0.2) is 57.1 Å². The number of nitrogens with one attached hydrogen (secondary N) is 2. The zero-order valence-electron chi connectivity index (χ0n) is 28.6. The second-order valence-electron chi connectivity index (χ2n) is 14.8. The number of hydrogen-bond donors (Lipinski definition) is 3. The number of likely N-dealkylation sites (tertiary alicyclic amines) is 1. The molecule has 3 heterocycles. The quantitative estimate of drug-likeness (QED) is 0.252. The fraction of sp³-hybridized carbons (Fsp3) is 0.513. The normalized spacial score (nSPS) is 27.9. The minimum Gasteiger partial charge on any atom is -0.392 e. The number of anilines is 1. The molecule has 0 bridgehead atoms. The number of fused-ring (bicyclic) bond motifs is 1. The highest BCUT2D eigenvalue weighted by Crippen LogP contribution is 2.44. The highest BCUT2D eigenvalue weighted by Gasteiger charge is 2.46. The first-order valence-corrected chi connectivity index (χ1v) is 17.5. The summed E-state index contributed by atoms with van der Waals surface area (Å²) in [6.45, 7) is 8.87. The van der Waals surface area contributed by atoms with Gasteiger partial charge in [-0.25, -0.2) is 0 Å². The van der Waals surface area contributed by atoms with Gasteiger partial charge in [0.2, 0.25) is 5.91 Å². The Morgan fingerprint density at radius 2 is 1.75 bits per heavy atom. The van der Waals surface area contributed by atoms with Gasteiger partial charge in [-0.15, -0.1) is 0 Å². The molecule has 0 spiro atoms. The van der Waals surface area contributed by atoms with Gasteiger partial charge < -0.3 is 25.2 Å². The van der Waals surface area contributed by atoms with Crippen molar-refractivity contribution in [1.29, 1.82) is 0 Å². The fourth-order valence-electron chi connectivity index (χ4n) is 7.73. The molecule has 6 rings (SSSR count). The number of ether oxygens (including phenoxy) is 2. The van der Waals surface area contributed by atoms with Gasteiger partial charge in [-0.05, 0) is 87.8 Å². The lowest BCUT2D eigenvalue weighted by molar-refractivity contribution is -0.278. The van der Waals surface area contributed by atoms with Crippen molar-refractivity contribution in [2.45, 2.75) is 109 Å². The standard InChI is InChI=1S/C39H50N4O5/c1-25-34(23-43-32-13-6-5-9-27(32)18-19-33(43)37(46)42-39(2,3)4)47-38(48-35(25)28-16-14-26(24-44)15-17-28)29-10-7-12-31(21-29)41-36(45)30-11-8-20-40-22-30/h7-8,10-12,14-17,20-22,25,27,32-35,38,44H,5-6,9,13,18-19,23-24H2,1-4H3,(H,41,45)(H,42,46)/t25-,27-,32-,33-,34+,35+,38+/m1/s1. The summed E-state index contributed by atoms with van der Waals surface area (Å²) in [5, 5.41) is 15.9. The van der Waals surface area contributed by atoms with Gasteiger partial charge in [-0.1, -0.05) is 56.2 Å². The second-order valence-corrected chi connectivity index (χ2v) is 14.8. The number of carbonyl (C=O) groups is 2. The summed E-state index contributed by atoms with van der Waals surface area (Å²) in [5.74, 6) is 0.414. The molecule has 48 heavy (non-hydrogen) atoms. The molecular weight excluding hydrogens is 604 g/mol. The molecule has 7 atom stereocenters. The summed E-state index contributed by atoms with van der Waals surface area (Å²) in [5.41, 5.74) is 3.43. The predicted molar refractivity (Wildman–Crippen MR) is 185 cm³/mol. The van der Waals surface area contributed by atoms with Crippen molar-refractivity contribution < 1.29 is 24.2 Å². The van der Waals surface area contributed by atoms with E-state index in [1.54, 1.807) is 18.3 Å². The Balaban J connectivity index is 1.30. The van der Waals surface area contributed by atoms with Crippen LogP contribution in [0.15, 0.2) is 73.1 Å². The lowest BCUT2D eigenvalue weighted by atomic mass is 9.75. The molecule has 1 aliphatic carbocycles. The Kier molecular flexibility index (Phi) is 10.6. The average molecular weight is 655 g/mol. The molecule has 2 aliphatic heterocycles. The van der Waals surface area contributed by atoms with E-state index in [9.17, 15) is 14.7 Å². The SMILES string of the molecule is C[C@@H]1[C@H](CN2[C@@H](C(=O)NC(C)(C)C)CC[C@H]3CCCC[C@H]32)O[C@H](c2cccc(NC(=O)c3cccnc3)c2)O[C@@H]1c1ccc(CO)cc1. The third-order valence-electron chi connectivity index (χ3n) is 10.2. The summed E-state index contributed by atoms with van der Waals surface area (Å²) in [6, 6.07) is 19.1. The molecule has 0 unspecified atom stereocenters.